The summed E-state index contributed by atoms with van der Waals surface area (Å²) in [7, 11) is 2.09. The van der Waals surface area contributed by atoms with Crippen LogP contribution in [0.1, 0.15) is 13.3 Å². The Labute approximate surface area is 82.4 Å². The van der Waals surface area contributed by atoms with Gasteiger partial charge in [-0.25, -0.2) is 0 Å². The predicted molar refractivity (Wildman–Crippen MR) is 56.4 cm³/mol. The van der Waals surface area contributed by atoms with E-state index in [4.69, 9.17) is 9.47 Å². The highest BCUT2D eigenvalue weighted by Gasteiger charge is 1.89. The third kappa shape index (κ3) is 11.9. The van der Waals surface area contributed by atoms with Crippen molar-refractivity contribution in [3.05, 3.63) is 0 Å². The van der Waals surface area contributed by atoms with Crippen LogP contribution >= 0.6 is 0 Å². The van der Waals surface area contributed by atoms with Crippen LogP contribution in [0.25, 0.3) is 0 Å². The van der Waals surface area contributed by atoms with Gasteiger partial charge in [-0.3, -0.25) is 0 Å². The summed E-state index contributed by atoms with van der Waals surface area (Å²) in [4.78, 5) is 0. The fourth-order valence-electron chi connectivity index (χ4n) is 0.857. The summed E-state index contributed by atoms with van der Waals surface area (Å²) < 4.78 is 10.6. The minimum Gasteiger partial charge on any atom is -0.379 e. The number of hydrogen-bond acceptors (Lipinski definition) is 3. The van der Waals surface area contributed by atoms with Crippen LogP contribution < -0.4 is 5.32 Å². The molecule has 77 valence electrons. The first-order chi connectivity index (χ1) is 6.41. The highest BCUT2D eigenvalue weighted by Crippen LogP contribution is 1.81. The molecule has 0 heterocycles. The normalized spacial score (nSPS) is 10.3. The topological polar surface area (TPSA) is 30.5 Å². The van der Waals surface area contributed by atoms with Crippen LogP contribution in [0.4, 0.5) is 0 Å². The zero-order valence-corrected chi connectivity index (χ0v) is 8.84. The van der Waals surface area contributed by atoms with Crippen molar-refractivity contribution in [1.29, 1.82) is 0 Å². The van der Waals surface area contributed by atoms with Gasteiger partial charge in [0, 0.05) is 13.2 Å². The molecule has 0 saturated heterocycles. The molecule has 4 heteroatoms. The van der Waals surface area contributed by atoms with Crippen molar-refractivity contribution in [2.24, 2.45) is 0 Å². The molecular formula is C9H21BNO2. The van der Waals surface area contributed by atoms with Crippen molar-refractivity contribution in [3.63, 3.8) is 0 Å². The summed E-state index contributed by atoms with van der Waals surface area (Å²) >= 11 is 0. The number of hydrogen-bond donors (Lipinski definition) is 1. The van der Waals surface area contributed by atoms with Crippen molar-refractivity contribution >= 4 is 7.28 Å². The molecule has 0 fully saturated rings. The molecule has 0 aliphatic rings. The number of ether oxygens (including phenoxy) is 2. The van der Waals surface area contributed by atoms with Gasteiger partial charge >= 0.3 is 0 Å². The van der Waals surface area contributed by atoms with Gasteiger partial charge in [0.25, 0.3) is 0 Å². The molecule has 0 amide bonds. The minimum atomic E-state index is 0.706. The van der Waals surface area contributed by atoms with E-state index < -0.39 is 0 Å². The maximum atomic E-state index is 5.33. The molecule has 0 atom stereocenters. The third-order valence-corrected chi connectivity index (χ3v) is 1.49. The Morgan fingerprint density at radius 3 is 2.38 bits per heavy atom. The van der Waals surface area contributed by atoms with Crippen LogP contribution in [0, 0.1) is 0 Å². The first-order valence-electron chi connectivity index (χ1n) is 5.05. The van der Waals surface area contributed by atoms with Crippen molar-refractivity contribution in [2.45, 2.75) is 20.2 Å². The second kappa shape index (κ2) is 11.9. The lowest BCUT2D eigenvalue weighted by molar-refractivity contribution is 0.0494. The van der Waals surface area contributed by atoms with E-state index in [9.17, 15) is 0 Å². The van der Waals surface area contributed by atoms with Crippen LogP contribution in [0.5, 0.6) is 0 Å². The smallest absolute Gasteiger partial charge is 0.124 e. The lowest BCUT2D eigenvalue weighted by atomic mass is 9.83. The van der Waals surface area contributed by atoms with Gasteiger partial charge in [0.15, 0.2) is 0 Å². The molecule has 0 aliphatic heterocycles. The largest absolute Gasteiger partial charge is 0.379 e. The summed E-state index contributed by atoms with van der Waals surface area (Å²) in [6.07, 6.45) is 2.03. The minimum absolute atomic E-state index is 0.706. The van der Waals surface area contributed by atoms with Gasteiger partial charge in [-0.15, -0.1) is 0 Å². The standard InChI is InChI=1S/C9H21BNO2/c1-3-5-12-7-8-13-6-4-11-9-10-2/h11H,3-9H2,1-2H3. The van der Waals surface area contributed by atoms with Crippen LogP contribution in [0.3, 0.4) is 0 Å². The third-order valence-electron chi connectivity index (χ3n) is 1.49. The van der Waals surface area contributed by atoms with Crippen LogP contribution in [0.15, 0.2) is 0 Å². The first-order valence-corrected chi connectivity index (χ1v) is 5.05. The van der Waals surface area contributed by atoms with Crippen LogP contribution in [-0.4, -0.2) is 46.7 Å². The van der Waals surface area contributed by atoms with Gasteiger partial charge in [0.1, 0.15) is 7.28 Å². The monoisotopic (exact) mass is 186 g/mol. The molecule has 0 rings (SSSR count). The van der Waals surface area contributed by atoms with E-state index in [-0.39, 0.29) is 0 Å². The molecule has 0 aliphatic carbocycles. The van der Waals surface area contributed by atoms with E-state index in [1.807, 2.05) is 6.82 Å². The molecule has 13 heavy (non-hydrogen) atoms. The van der Waals surface area contributed by atoms with E-state index in [1.165, 1.54) is 0 Å². The van der Waals surface area contributed by atoms with E-state index in [0.717, 1.165) is 32.6 Å². The number of rotatable bonds is 10. The maximum absolute atomic E-state index is 5.33. The average Bonchev–Trinajstić information content (AvgIpc) is 2.16. The quantitative estimate of drug-likeness (QED) is 0.403. The molecule has 0 bridgehead atoms. The molecule has 0 aromatic heterocycles. The molecule has 0 spiro atoms. The fourth-order valence-corrected chi connectivity index (χ4v) is 0.857. The summed E-state index contributed by atoms with van der Waals surface area (Å²) in [5, 5.41) is 3.22. The summed E-state index contributed by atoms with van der Waals surface area (Å²) in [5.74, 6) is 0. The lowest BCUT2D eigenvalue weighted by Gasteiger charge is -2.05. The molecule has 0 saturated carbocycles. The van der Waals surface area contributed by atoms with Gasteiger partial charge in [-0.1, -0.05) is 13.7 Å². The summed E-state index contributed by atoms with van der Waals surface area (Å²) in [5.41, 5.74) is 0. The molecule has 0 aromatic carbocycles. The van der Waals surface area contributed by atoms with E-state index in [0.29, 0.717) is 13.2 Å². The predicted octanol–water partition coefficient (Wildman–Crippen LogP) is 0.729. The Hall–Kier alpha value is -0.0551. The SMILES string of the molecule is C[B]CNCCOCCOCCC. The Morgan fingerprint density at radius 2 is 1.77 bits per heavy atom. The van der Waals surface area contributed by atoms with Crippen LogP contribution in [0.2, 0.25) is 6.82 Å². The second-order valence-electron chi connectivity index (χ2n) is 2.84. The van der Waals surface area contributed by atoms with Crippen molar-refractivity contribution < 1.29 is 9.47 Å². The Bertz CT molecular complexity index is 83.7. The van der Waals surface area contributed by atoms with Gasteiger partial charge in [0.05, 0.1) is 19.8 Å². The number of nitrogens with one attached hydrogen (secondary N) is 1. The molecule has 3 nitrogen and oxygen atoms in total. The highest BCUT2D eigenvalue weighted by molar-refractivity contribution is 6.33. The van der Waals surface area contributed by atoms with Gasteiger partial charge in [-0.05, 0) is 12.9 Å². The highest BCUT2D eigenvalue weighted by atomic mass is 16.5. The Kier molecular flexibility index (Phi) is 11.9. The summed E-state index contributed by atoms with van der Waals surface area (Å²) in [6, 6.07) is 0. The molecule has 0 unspecified atom stereocenters. The lowest BCUT2D eigenvalue weighted by Crippen LogP contribution is -2.24. The zero-order chi connectivity index (χ0) is 9.78. The first kappa shape index (κ1) is 12.9. The molecule has 1 radical (unpaired) electrons. The maximum Gasteiger partial charge on any atom is 0.124 e. The van der Waals surface area contributed by atoms with Crippen molar-refractivity contribution in [3.8, 4) is 0 Å². The Morgan fingerprint density at radius 1 is 1.08 bits per heavy atom. The fraction of sp³-hybridized carbons (Fsp3) is 1.00. The second-order valence-corrected chi connectivity index (χ2v) is 2.84. The Balaban J connectivity index is 2.76. The van der Waals surface area contributed by atoms with Gasteiger partial charge < -0.3 is 14.8 Å². The van der Waals surface area contributed by atoms with Gasteiger partial charge in [0.2, 0.25) is 0 Å². The van der Waals surface area contributed by atoms with E-state index in [2.05, 4.69) is 19.5 Å². The molecule has 0 aromatic rings. The van der Waals surface area contributed by atoms with E-state index in [1.54, 1.807) is 0 Å². The molecular weight excluding hydrogens is 165 g/mol. The van der Waals surface area contributed by atoms with Crippen molar-refractivity contribution in [2.75, 3.05) is 39.4 Å². The van der Waals surface area contributed by atoms with Crippen LogP contribution in [-0.2, 0) is 9.47 Å². The summed E-state index contributed by atoms with van der Waals surface area (Å²) in [6.45, 7) is 8.08. The van der Waals surface area contributed by atoms with Crippen molar-refractivity contribution in [1.82, 2.24) is 5.32 Å². The van der Waals surface area contributed by atoms with Gasteiger partial charge in [-0.2, -0.15) is 0 Å². The molecule has 1 N–H and O–H groups in total. The zero-order valence-electron chi connectivity index (χ0n) is 8.84. The average molecular weight is 186 g/mol. The van der Waals surface area contributed by atoms with E-state index >= 15 is 0 Å².